The van der Waals surface area contributed by atoms with Crippen LogP contribution in [0.2, 0.25) is 0 Å². The molecule has 0 saturated heterocycles. The summed E-state index contributed by atoms with van der Waals surface area (Å²) in [5.74, 6) is -0.991. The van der Waals surface area contributed by atoms with Gasteiger partial charge in [-0.25, -0.2) is 8.42 Å². The van der Waals surface area contributed by atoms with Gasteiger partial charge in [0.25, 0.3) is 0 Å². The van der Waals surface area contributed by atoms with Gasteiger partial charge in [-0.3, -0.25) is 4.79 Å². The number of benzene rings is 3. The van der Waals surface area contributed by atoms with Crippen molar-refractivity contribution >= 4 is 32.2 Å². The zero-order valence-corrected chi connectivity index (χ0v) is 12.9. The van der Waals surface area contributed by atoms with E-state index in [-0.39, 0.29) is 4.90 Å². The standard InChI is InChI=1S/C18H13NO3S/c20-18-11-23(21,22)17-10-13(8-9-16(17)19-18)15-7-3-5-12-4-1-2-6-14(12)15/h1-10H,11H2,(H,19,20). The van der Waals surface area contributed by atoms with E-state index in [1.807, 2.05) is 48.5 Å². The summed E-state index contributed by atoms with van der Waals surface area (Å²) >= 11 is 0. The van der Waals surface area contributed by atoms with Crippen molar-refractivity contribution in [2.24, 2.45) is 0 Å². The summed E-state index contributed by atoms with van der Waals surface area (Å²) in [6, 6.07) is 19.0. The van der Waals surface area contributed by atoms with Gasteiger partial charge in [-0.1, -0.05) is 48.5 Å². The highest BCUT2D eigenvalue weighted by Gasteiger charge is 2.29. The molecule has 1 amide bonds. The Morgan fingerprint density at radius 1 is 0.913 bits per heavy atom. The summed E-state index contributed by atoms with van der Waals surface area (Å²) in [7, 11) is -3.59. The van der Waals surface area contributed by atoms with Gasteiger partial charge >= 0.3 is 0 Å². The van der Waals surface area contributed by atoms with Crippen LogP contribution in [0.3, 0.4) is 0 Å². The van der Waals surface area contributed by atoms with E-state index < -0.39 is 21.5 Å². The van der Waals surface area contributed by atoms with Crippen LogP contribution < -0.4 is 5.32 Å². The van der Waals surface area contributed by atoms with Crippen LogP contribution >= 0.6 is 0 Å². The molecule has 5 heteroatoms. The van der Waals surface area contributed by atoms with E-state index in [4.69, 9.17) is 0 Å². The molecular formula is C18H13NO3S. The molecule has 23 heavy (non-hydrogen) atoms. The van der Waals surface area contributed by atoms with E-state index in [9.17, 15) is 13.2 Å². The minimum absolute atomic E-state index is 0.183. The zero-order valence-electron chi connectivity index (χ0n) is 12.1. The maximum Gasteiger partial charge on any atom is 0.239 e. The van der Waals surface area contributed by atoms with Gasteiger partial charge in [0, 0.05) is 0 Å². The van der Waals surface area contributed by atoms with Crippen molar-refractivity contribution in [2.75, 3.05) is 11.1 Å². The Morgan fingerprint density at radius 3 is 2.57 bits per heavy atom. The molecule has 4 rings (SSSR count). The van der Waals surface area contributed by atoms with Crippen LogP contribution in [0.5, 0.6) is 0 Å². The highest BCUT2D eigenvalue weighted by molar-refractivity contribution is 7.92. The predicted molar refractivity (Wildman–Crippen MR) is 90.1 cm³/mol. The first-order valence-electron chi connectivity index (χ1n) is 7.19. The Kier molecular flexibility index (Phi) is 2.99. The van der Waals surface area contributed by atoms with Crippen LogP contribution in [0.25, 0.3) is 21.9 Å². The van der Waals surface area contributed by atoms with Gasteiger partial charge in [-0.05, 0) is 34.0 Å². The summed E-state index contributed by atoms with van der Waals surface area (Å²) in [6.45, 7) is 0. The molecule has 0 radical (unpaired) electrons. The Bertz CT molecular complexity index is 1050. The molecule has 0 saturated carbocycles. The zero-order chi connectivity index (χ0) is 16.0. The number of sulfone groups is 1. The molecule has 4 nitrogen and oxygen atoms in total. The molecule has 114 valence electrons. The molecule has 0 aromatic heterocycles. The van der Waals surface area contributed by atoms with Gasteiger partial charge in [0.2, 0.25) is 5.91 Å². The van der Waals surface area contributed by atoms with Crippen molar-refractivity contribution in [3.63, 3.8) is 0 Å². The van der Waals surface area contributed by atoms with Crippen LogP contribution in [-0.2, 0) is 14.6 Å². The van der Waals surface area contributed by atoms with E-state index in [0.29, 0.717) is 5.69 Å². The van der Waals surface area contributed by atoms with E-state index in [1.54, 1.807) is 12.1 Å². The average Bonchev–Trinajstić information content (AvgIpc) is 2.53. The van der Waals surface area contributed by atoms with E-state index in [0.717, 1.165) is 21.9 Å². The first-order valence-corrected chi connectivity index (χ1v) is 8.85. The Labute approximate surface area is 133 Å². The van der Waals surface area contributed by atoms with Gasteiger partial charge in [0.15, 0.2) is 9.84 Å². The lowest BCUT2D eigenvalue weighted by Crippen LogP contribution is -2.29. The van der Waals surface area contributed by atoms with Crippen LogP contribution in [0.4, 0.5) is 5.69 Å². The van der Waals surface area contributed by atoms with E-state index in [2.05, 4.69) is 5.32 Å². The number of nitrogens with one attached hydrogen (secondary N) is 1. The van der Waals surface area contributed by atoms with Crippen molar-refractivity contribution in [1.29, 1.82) is 0 Å². The summed E-state index contributed by atoms with van der Waals surface area (Å²) < 4.78 is 24.5. The maximum absolute atomic E-state index is 12.3. The number of hydrogen-bond donors (Lipinski definition) is 1. The molecular weight excluding hydrogens is 310 g/mol. The highest BCUT2D eigenvalue weighted by atomic mass is 32.2. The lowest BCUT2D eigenvalue weighted by atomic mass is 9.98. The monoisotopic (exact) mass is 323 g/mol. The third-order valence-corrected chi connectivity index (χ3v) is 5.66. The fraction of sp³-hybridized carbons (Fsp3) is 0.0556. The Balaban J connectivity index is 1.96. The van der Waals surface area contributed by atoms with Gasteiger partial charge in [-0.15, -0.1) is 0 Å². The summed E-state index contributed by atoms with van der Waals surface area (Å²) in [4.78, 5) is 11.7. The third kappa shape index (κ3) is 2.29. The lowest BCUT2D eigenvalue weighted by Gasteiger charge is -2.18. The van der Waals surface area contributed by atoms with Crippen molar-refractivity contribution in [1.82, 2.24) is 0 Å². The number of hydrogen-bond acceptors (Lipinski definition) is 3. The number of carbonyl (C=O) groups excluding carboxylic acids is 1. The highest BCUT2D eigenvalue weighted by Crippen LogP contribution is 2.34. The molecule has 1 aliphatic heterocycles. The minimum Gasteiger partial charge on any atom is -0.324 e. The van der Waals surface area contributed by atoms with Gasteiger partial charge in [-0.2, -0.15) is 0 Å². The quantitative estimate of drug-likeness (QED) is 0.748. The van der Waals surface area contributed by atoms with Crippen molar-refractivity contribution < 1.29 is 13.2 Å². The molecule has 0 fully saturated rings. The van der Waals surface area contributed by atoms with Crippen LogP contribution in [-0.4, -0.2) is 20.1 Å². The van der Waals surface area contributed by atoms with E-state index in [1.165, 1.54) is 0 Å². The Hall–Kier alpha value is -2.66. The largest absolute Gasteiger partial charge is 0.324 e. The van der Waals surface area contributed by atoms with Crippen LogP contribution in [0, 0.1) is 0 Å². The Morgan fingerprint density at radius 2 is 1.70 bits per heavy atom. The van der Waals surface area contributed by atoms with Gasteiger partial charge in [0.05, 0.1) is 10.6 Å². The first kappa shape index (κ1) is 14.0. The summed E-state index contributed by atoms with van der Waals surface area (Å²) in [6.07, 6.45) is 0. The summed E-state index contributed by atoms with van der Waals surface area (Å²) in [5.41, 5.74) is 2.14. The normalized spacial score (nSPS) is 15.9. The molecule has 3 aromatic carbocycles. The fourth-order valence-electron chi connectivity index (χ4n) is 2.96. The fourth-order valence-corrected chi connectivity index (χ4v) is 4.30. The van der Waals surface area contributed by atoms with E-state index >= 15 is 0 Å². The second-order valence-electron chi connectivity index (χ2n) is 5.54. The minimum atomic E-state index is -3.59. The molecule has 1 N–H and O–H groups in total. The van der Waals surface area contributed by atoms with Crippen LogP contribution in [0.1, 0.15) is 0 Å². The molecule has 0 spiro atoms. The first-order chi connectivity index (χ1) is 11.0. The van der Waals surface area contributed by atoms with Gasteiger partial charge in [0.1, 0.15) is 5.75 Å². The maximum atomic E-state index is 12.3. The molecule has 0 aliphatic carbocycles. The molecule has 0 atom stereocenters. The number of amides is 1. The smallest absolute Gasteiger partial charge is 0.239 e. The predicted octanol–water partition coefficient (Wildman–Crippen LogP) is 3.23. The molecule has 0 bridgehead atoms. The number of anilines is 1. The SMILES string of the molecule is O=C1CS(=O)(=O)c2cc(-c3cccc4ccccc34)ccc2N1. The lowest BCUT2D eigenvalue weighted by molar-refractivity contribution is -0.114. The number of fused-ring (bicyclic) bond motifs is 2. The van der Waals surface area contributed by atoms with Crippen molar-refractivity contribution in [3.05, 3.63) is 60.7 Å². The average molecular weight is 323 g/mol. The molecule has 3 aromatic rings. The second kappa shape index (κ2) is 4.93. The molecule has 1 aliphatic rings. The van der Waals surface area contributed by atoms with Crippen molar-refractivity contribution in [2.45, 2.75) is 4.90 Å². The summed E-state index contributed by atoms with van der Waals surface area (Å²) in [5, 5.41) is 4.77. The topological polar surface area (TPSA) is 63.2 Å². The van der Waals surface area contributed by atoms with Crippen molar-refractivity contribution in [3.8, 4) is 11.1 Å². The number of rotatable bonds is 1. The third-order valence-electron chi connectivity index (χ3n) is 4.01. The number of carbonyl (C=O) groups is 1. The van der Waals surface area contributed by atoms with Crippen LogP contribution in [0.15, 0.2) is 65.6 Å². The molecule has 0 unspecified atom stereocenters. The van der Waals surface area contributed by atoms with Gasteiger partial charge < -0.3 is 5.32 Å². The molecule has 1 heterocycles. The second-order valence-corrected chi connectivity index (χ2v) is 7.50.